The van der Waals surface area contributed by atoms with Gasteiger partial charge in [-0.3, -0.25) is 9.59 Å². The number of carbonyl (C=O) groups is 2. The van der Waals surface area contributed by atoms with E-state index in [2.05, 4.69) is 5.32 Å². The van der Waals surface area contributed by atoms with Crippen LogP contribution in [-0.2, 0) is 14.8 Å². The zero-order valence-corrected chi connectivity index (χ0v) is 17.9. The van der Waals surface area contributed by atoms with E-state index in [4.69, 9.17) is 9.15 Å². The molecule has 30 heavy (non-hydrogen) atoms. The number of hydrogen-bond acceptors (Lipinski definition) is 6. The molecule has 0 bridgehead atoms. The van der Waals surface area contributed by atoms with Crippen molar-refractivity contribution in [1.29, 1.82) is 0 Å². The summed E-state index contributed by atoms with van der Waals surface area (Å²) in [4.78, 5) is 26.9. The van der Waals surface area contributed by atoms with Crippen molar-refractivity contribution in [2.45, 2.75) is 17.7 Å². The van der Waals surface area contributed by atoms with Crippen LogP contribution in [0.15, 0.2) is 46.1 Å². The zero-order valence-electron chi connectivity index (χ0n) is 17.1. The van der Waals surface area contributed by atoms with Gasteiger partial charge in [-0.1, -0.05) is 0 Å². The fourth-order valence-corrected chi connectivity index (χ4v) is 4.42. The third-order valence-corrected chi connectivity index (χ3v) is 6.87. The monoisotopic (exact) mass is 435 g/mol. The molecule has 1 N–H and O–H groups in total. The van der Waals surface area contributed by atoms with E-state index >= 15 is 0 Å². The summed E-state index contributed by atoms with van der Waals surface area (Å²) in [5.41, 5.74) is 0.796. The molecule has 2 aromatic rings. The summed E-state index contributed by atoms with van der Waals surface area (Å²) < 4.78 is 36.3. The quantitative estimate of drug-likeness (QED) is 0.744. The minimum Gasteiger partial charge on any atom is -0.495 e. The molecule has 1 atom stereocenters. The minimum atomic E-state index is -3.75. The fraction of sp³-hybridized carbons (Fsp3) is 0.400. The van der Waals surface area contributed by atoms with Gasteiger partial charge in [-0.2, -0.15) is 0 Å². The molecule has 0 radical (unpaired) electrons. The number of ether oxygens (including phenoxy) is 1. The predicted octanol–water partition coefficient (Wildman–Crippen LogP) is 2.03. The van der Waals surface area contributed by atoms with Gasteiger partial charge in [0.25, 0.3) is 5.91 Å². The Balaban J connectivity index is 1.75. The lowest BCUT2D eigenvalue weighted by molar-refractivity contribution is -0.121. The molecule has 2 heterocycles. The van der Waals surface area contributed by atoms with Crippen molar-refractivity contribution in [3.8, 4) is 5.75 Å². The first kappa shape index (κ1) is 21.8. The minimum absolute atomic E-state index is 0.0341. The maximum Gasteiger partial charge on any atom is 0.257 e. The zero-order chi connectivity index (χ0) is 21.9. The van der Waals surface area contributed by atoms with E-state index < -0.39 is 15.9 Å². The van der Waals surface area contributed by atoms with Crippen LogP contribution in [0.1, 0.15) is 23.2 Å². The molecule has 0 aliphatic carbocycles. The van der Waals surface area contributed by atoms with Gasteiger partial charge in [0.05, 0.1) is 24.9 Å². The van der Waals surface area contributed by atoms with Crippen LogP contribution in [0.25, 0.3) is 0 Å². The summed E-state index contributed by atoms with van der Waals surface area (Å²) in [7, 11) is 0.481. The van der Waals surface area contributed by atoms with Crippen LogP contribution in [0.2, 0.25) is 0 Å². The van der Waals surface area contributed by atoms with Crippen LogP contribution < -0.4 is 10.1 Å². The first-order valence-electron chi connectivity index (χ1n) is 9.47. The van der Waals surface area contributed by atoms with Gasteiger partial charge in [0, 0.05) is 32.9 Å². The molecule has 162 valence electrons. The Bertz CT molecular complexity index is 1020. The number of furan rings is 1. The number of amides is 2. The summed E-state index contributed by atoms with van der Waals surface area (Å²) >= 11 is 0. The molecule has 9 nitrogen and oxygen atoms in total. The smallest absolute Gasteiger partial charge is 0.257 e. The second kappa shape index (κ2) is 8.88. The van der Waals surface area contributed by atoms with Crippen LogP contribution in [0.5, 0.6) is 5.75 Å². The molecular weight excluding hydrogens is 410 g/mol. The van der Waals surface area contributed by atoms with E-state index in [1.165, 1.54) is 45.9 Å². The van der Waals surface area contributed by atoms with Crippen LogP contribution in [0.4, 0.5) is 5.69 Å². The van der Waals surface area contributed by atoms with Crippen LogP contribution >= 0.6 is 0 Å². The van der Waals surface area contributed by atoms with E-state index in [9.17, 15) is 18.0 Å². The molecule has 1 aliphatic heterocycles. The maximum absolute atomic E-state index is 12.8. The third-order valence-electron chi connectivity index (χ3n) is 5.04. The molecule has 1 unspecified atom stereocenters. The average molecular weight is 436 g/mol. The molecule has 0 saturated carbocycles. The second-order valence-electron chi connectivity index (χ2n) is 7.24. The number of anilines is 1. The number of nitrogens with one attached hydrogen (secondary N) is 1. The highest BCUT2D eigenvalue weighted by Gasteiger charge is 2.30. The van der Waals surface area contributed by atoms with E-state index in [-0.39, 0.29) is 29.0 Å². The molecule has 10 heteroatoms. The molecule has 1 saturated heterocycles. The number of likely N-dealkylation sites (tertiary alicyclic amines) is 1. The lowest BCUT2D eigenvalue weighted by Crippen LogP contribution is -2.43. The normalized spacial score (nSPS) is 17.1. The lowest BCUT2D eigenvalue weighted by Gasteiger charge is -2.31. The van der Waals surface area contributed by atoms with E-state index in [1.807, 2.05) is 0 Å². The molecule has 0 spiro atoms. The predicted molar refractivity (Wildman–Crippen MR) is 110 cm³/mol. The first-order valence-corrected chi connectivity index (χ1v) is 10.9. The van der Waals surface area contributed by atoms with E-state index in [1.54, 1.807) is 17.0 Å². The Morgan fingerprint density at radius 1 is 1.27 bits per heavy atom. The maximum atomic E-state index is 12.8. The number of benzene rings is 1. The fourth-order valence-electron chi connectivity index (χ4n) is 3.34. The summed E-state index contributed by atoms with van der Waals surface area (Å²) in [5, 5.41) is 2.77. The Hall–Kier alpha value is -2.85. The van der Waals surface area contributed by atoms with Crippen molar-refractivity contribution in [3.05, 3.63) is 42.4 Å². The van der Waals surface area contributed by atoms with Crippen molar-refractivity contribution >= 4 is 27.5 Å². The van der Waals surface area contributed by atoms with Gasteiger partial charge >= 0.3 is 0 Å². The summed E-state index contributed by atoms with van der Waals surface area (Å²) in [6, 6.07) is 6.06. The Morgan fingerprint density at radius 3 is 2.67 bits per heavy atom. The van der Waals surface area contributed by atoms with Crippen LogP contribution in [0, 0.1) is 5.92 Å². The largest absolute Gasteiger partial charge is 0.495 e. The number of nitrogens with zero attached hydrogens (tertiary/aromatic N) is 2. The third kappa shape index (κ3) is 4.49. The van der Waals surface area contributed by atoms with Crippen molar-refractivity contribution < 1.29 is 27.2 Å². The standard InChI is InChI=1S/C20H25N3O6S/c1-22(2)30(26,27)18-11-16(6-7-17(18)28-3)21-19(24)14-5-4-9-23(12-14)20(25)15-8-10-29-13-15/h6-8,10-11,13-14H,4-5,9,12H2,1-3H3,(H,21,24). The highest BCUT2D eigenvalue weighted by Crippen LogP contribution is 2.29. The first-order chi connectivity index (χ1) is 14.2. The van der Waals surface area contributed by atoms with Gasteiger partial charge < -0.3 is 19.4 Å². The van der Waals surface area contributed by atoms with E-state index in [0.717, 1.165) is 4.31 Å². The Kier molecular flexibility index (Phi) is 6.47. The summed E-state index contributed by atoms with van der Waals surface area (Å²) in [5.74, 6) is -0.648. The molecule has 3 rings (SSSR count). The number of piperidine rings is 1. The number of rotatable bonds is 6. The van der Waals surface area contributed by atoms with E-state index in [0.29, 0.717) is 30.6 Å². The molecule has 1 aromatic carbocycles. The molecule has 1 aliphatic rings. The number of sulfonamides is 1. The van der Waals surface area contributed by atoms with Crippen molar-refractivity contribution in [1.82, 2.24) is 9.21 Å². The summed E-state index contributed by atoms with van der Waals surface area (Å²) in [6.07, 6.45) is 4.16. The molecule has 1 fully saturated rings. The van der Waals surface area contributed by atoms with Gasteiger partial charge in [-0.15, -0.1) is 0 Å². The average Bonchev–Trinajstić information content (AvgIpc) is 3.28. The topological polar surface area (TPSA) is 109 Å². The van der Waals surface area contributed by atoms with Crippen molar-refractivity contribution in [2.75, 3.05) is 39.6 Å². The molecule has 1 aromatic heterocycles. The van der Waals surface area contributed by atoms with Gasteiger partial charge in [-0.05, 0) is 37.1 Å². The second-order valence-corrected chi connectivity index (χ2v) is 9.36. The highest BCUT2D eigenvalue weighted by molar-refractivity contribution is 7.89. The van der Waals surface area contributed by atoms with Gasteiger partial charge in [-0.25, -0.2) is 12.7 Å². The SMILES string of the molecule is COc1ccc(NC(=O)C2CCCN(C(=O)c3ccoc3)C2)cc1S(=O)(=O)N(C)C. The van der Waals surface area contributed by atoms with Crippen molar-refractivity contribution in [3.63, 3.8) is 0 Å². The number of methoxy groups -OCH3 is 1. The van der Waals surface area contributed by atoms with Gasteiger partial charge in [0.15, 0.2) is 0 Å². The van der Waals surface area contributed by atoms with Gasteiger partial charge in [0.1, 0.15) is 16.9 Å². The number of hydrogen-bond donors (Lipinski definition) is 1. The molecular formula is C20H25N3O6S. The lowest BCUT2D eigenvalue weighted by atomic mass is 9.96. The van der Waals surface area contributed by atoms with Crippen LogP contribution in [-0.4, -0.2) is 63.7 Å². The highest BCUT2D eigenvalue weighted by atomic mass is 32.2. The molecule has 2 amide bonds. The van der Waals surface area contributed by atoms with Crippen LogP contribution in [0.3, 0.4) is 0 Å². The number of carbonyl (C=O) groups excluding carboxylic acids is 2. The summed E-state index contributed by atoms with van der Waals surface area (Å²) in [6.45, 7) is 0.858. The Labute approximate surface area is 175 Å². The van der Waals surface area contributed by atoms with Gasteiger partial charge in [0.2, 0.25) is 15.9 Å². The Morgan fingerprint density at radius 2 is 2.03 bits per heavy atom. The van der Waals surface area contributed by atoms with Crippen molar-refractivity contribution in [2.24, 2.45) is 5.92 Å².